The van der Waals surface area contributed by atoms with Gasteiger partial charge in [-0.3, -0.25) is 9.48 Å². The van der Waals surface area contributed by atoms with Crippen molar-refractivity contribution in [3.63, 3.8) is 0 Å². The molecule has 2 aromatic heterocycles. The molecule has 1 atom stereocenters. The van der Waals surface area contributed by atoms with Crippen LogP contribution in [0.1, 0.15) is 43.6 Å². The van der Waals surface area contributed by atoms with Crippen LogP contribution in [0.2, 0.25) is 5.02 Å². The number of aromatic nitrogens is 4. The van der Waals surface area contributed by atoms with Crippen molar-refractivity contribution in [1.29, 1.82) is 5.26 Å². The van der Waals surface area contributed by atoms with E-state index in [9.17, 15) is 10.1 Å². The Hall–Kier alpha value is -2.04. The van der Waals surface area contributed by atoms with Crippen LogP contribution in [0.15, 0.2) is 6.20 Å². The van der Waals surface area contributed by atoms with Gasteiger partial charge < -0.3 is 4.74 Å². The quantitative estimate of drug-likeness (QED) is 0.573. The van der Waals surface area contributed by atoms with E-state index in [1.807, 2.05) is 4.68 Å². The number of esters is 1. The molecule has 0 aromatic carbocycles. The molecular formula is C17H19Cl2N5O2. The van der Waals surface area contributed by atoms with Crippen LogP contribution in [-0.2, 0) is 28.9 Å². The molecule has 0 saturated heterocycles. The highest BCUT2D eigenvalue weighted by Crippen LogP contribution is 2.31. The molecule has 7 nitrogen and oxygen atoms in total. The van der Waals surface area contributed by atoms with Gasteiger partial charge in [0.15, 0.2) is 5.82 Å². The second-order valence-corrected chi connectivity index (χ2v) is 7.60. The van der Waals surface area contributed by atoms with Crippen molar-refractivity contribution in [2.24, 2.45) is 0 Å². The number of nitrogens with zero attached hydrogens (tertiary/aromatic N) is 5. The zero-order valence-corrected chi connectivity index (χ0v) is 16.1. The van der Waals surface area contributed by atoms with Crippen LogP contribution >= 0.6 is 23.2 Å². The third kappa shape index (κ3) is 3.31. The Morgan fingerprint density at radius 3 is 2.92 bits per heavy atom. The van der Waals surface area contributed by atoms with Gasteiger partial charge in [0.05, 0.1) is 29.8 Å². The average molecular weight is 396 g/mol. The minimum absolute atomic E-state index is 0.0643. The van der Waals surface area contributed by atoms with E-state index >= 15 is 0 Å². The van der Waals surface area contributed by atoms with Gasteiger partial charge in [-0.1, -0.05) is 11.6 Å². The van der Waals surface area contributed by atoms with Gasteiger partial charge in [0, 0.05) is 13.0 Å². The molecule has 0 N–H and O–H groups in total. The van der Waals surface area contributed by atoms with E-state index in [2.05, 4.69) is 16.3 Å². The first-order valence-corrected chi connectivity index (χ1v) is 9.23. The molecule has 138 valence electrons. The number of fused-ring (bicyclic) bond motifs is 1. The number of halogens is 2. The van der Waals surface area contributed by atoms with Gasteiger partial charge in [0.2, 0.25) is 0 Å². The first-order valence-electron chi connectivity index (χ1n) is 8.47. The Labute approximate surface area is 161 Å². The molecule has 0 spiro atoms. The number of carbonyl (C=O) groups excluding carboxylic acids is 1. The number of hydrogen-bond donors (Lipinski definition) is 0. The summed E-state index contributed by atoms with van der Waals surface area (Å²) in [5.41, 5.74) is 1.77. The van der Waals surface area contributed by atoms with E-state index < -0.39 is 10.8 Å². The summed E-state index contributed by atoms with van der Waals surface area (Å²) in [6.45, 7) is 4.30. The monoisotopic (exact) mass is 395 g/mol. The maximum Gasteiger partial charge on any atom is 0.327 e. The van der Waals surface area contributed by atoms with Gasteiger partial charge in [-0.25, -0.2) is 4.68 Å². The molecule has 0 aliphatic carbocycles. The van der Waals surface area contributed by atoms with Gasteiger partial charge in [0.1, 0.15) is 16.0 Å². The predicted octanol–water partition coefficient (Wildman–Crippen LogP) is 3.03. The van der Waals surface area contributed by atoms with Crippen LogP contribution in [0.5, 0.6) is 0 Å². The summed E-state index contributed by atoms with van der Waals surface area (Å²) >= 11 is 12.9. The lowest BCUT2D eigenvalue weighted by molar-refractivity contribution is -0.145. The van der Waals surface area contributed by atoms with Crippen molar-refractivity contribution in [2.75, 3.05) is 6.61 Å². The van der Waals surface area contributed by atoms with Gasteiger partial charge in [-0.05, 0) is 33.1 Å². The molecular weight excluding hydrogens is 377 g/mol. The lowest BCUT2D eigenvalue weighted by Crippen LogP contribution is -2.34. The Bertz CT molecular complexity index is 879. The first kappa shape index (κ1) is 18.7. The van der Waals surface area contributed by atoms with Crippen LogP contribution in [-0.4, -0.2) is 37.0 Å². The predicted molar refractivity (Wildman–Crippen MR) is 96.6 cm³/mol. The third-order valence-electron chi connectivity index (χ3n) is 4.40. The van der Waals surface area contributed by atoms with Crippen molar-refractivity contribution in [3.8, 4) is 11.9 Å². The van der Waals surface area contributed by atoms with Gasteiger partial charge in [-0.2, -0.15) is 15.5 Å². The fourth-order valence-corrected chi connectivity index (χ4v) is 3.55. The zero-order chi connectivity index (χ0) is 18.9. The summed E-state index contributed by atoms with van der Waals surface area (Å²) in [7, 11) is 0. The van der Waals surface area contributed by atoms with Gasteiger partial charge in [0.25, 0.3) is 0 Å². The highest BCUT2D eigenvalue weighted by atomic mass is 35.5. The Kier molecular flexibility index (Phi) is 5.26. The van der Waals surface area contributed by atoms with Crippen molar-refractivity contribution in [2.45, 2.75) is 50.9 Å². The molecule has 26 heavy (non-hydrogen) atoms. The van der Waals surface area contributed by atoms with Crippen LogP contribution in [0.25, 0.3) is 5.82 Å². The molecule has 0 amide bonds. The highest BCUT2D eigenvalue weighted by molar-refractivity contribution is 6.34. The third-order valence-corrected chi connectivity index (χ3v) is 5.08. The fourth-order valence-electron chi connectivity index (χ4n) is 3.06. The molecule has 1 aliphatic heterocycles. The number of aryl methyl sites for hydroxylation is 1. The number of hydrogen-bond acceptors (Lipinski definition) is 5. The van der Waals surface area contributed by atoms with Crippen LogP contribution in [0.3, 0.4) is 0 Å². The summed E-state index contributed by atoms with van der Waals surface area (Å²) in [6, 6.07) is 2.09. The second kappa shape index (κ2) is 7.29. The highest BCUT2D eigenvalue weighted by Gasteiger charge is 2.36. The lowest BCUT2D eigenvalue weighted by Gasteiger charge is -2.20. The lowest BCUT2D eigenvalue weighted by atomic mass is 10.0. The van der Waals surface area contributed by atoms with Crippen molar-refractivity contribution in [1.82, 2.24) is 19.6 Å². The smallest absolute Gasteiger partial charge is 0.327 e. The second-order valence-electron chi connectivity index (χ2n) is 6.39. The Morgan fingerprint density at radius 2 is 2.27 bits per heavy atom. The van der Waals surface area contributed by atoms with Crippen molar-refractivity contribution < 1.29 is 9.53 Å². The molecule has 2 aromatic rings. The summed E-state index contributed by atoms with van der Waals surface area (Å²) in [6.07, 6.45) is 4.45. The van der Waals surface area contributed by atoms with E-state index in [1.54, 1.807) is 13.8 Å². The summed E-state index contributed by atoms with van der Waals surface area (Å²) in [5.74, 6) is -0.0927. The molecule has 0 fully saturated rings. The van der Waals surface area contributed by atoms with E-state index in [4.69, 9.17) is 27.9 Å². The van der Waals surface area contributed by atoms with Crippen LogP contribution < -0.4 is 0 Å². The summed E-state index contributed by atoms with van der Waals surface area (Å²) in [4.78, 5) is 10.8. The van der Waals surface area contributed by atoms with Gasteiger partial charge >= 0.3 is 5.97 Å². The number of rotatable bonds is 5. The summed E-state index contributed by atoms with van der Waals surface area (Å²) in [5, 5.41) is 18.8. The molecule has 9 heteroatoms. The van der Waals surface area contributed by atoms with E-state index in [0.29, 0.717) is 22.1 Å². The van der Waals surface area contributed by atoms with Crippen LogP contribution in [0, 0.1) is 11.3 Å². The van der Waals surface area contributed by atoms with E-state index in [0.717, 1.165) is 31.5 Å². The fraction of sp³-hybridized carbons (Fsp3) is 0.529. The number of alkyl halides is 1. The molecule has 1 aliphatic rings. The minimum atomic E-state index is -1.33. The Morgan fingerprint density at radius 1 is 1.50 bits per heavy atom. The molecule has 0 radical (unpaired) electrons. The number of ether oxygens (including phenoxy) is 1. The molecule has 0 saturated carbocycles. The van der Waals surface area contributed by atoms with Crippen molar-refractivity contribution in [3.05, 3.63) is 28.2 Å². The summed E-state index contributed by atoms with van der Waals surface area (Å²) < 4.78 is 8.42. The van der Waals surface area contributed by atoms with Crippen molar-refractivity contribution >= 4 is 29.2 Å². The zero-order valence-electron chi connectivity index (χ0n) is 14.6. The maximum absolute atomic E-state index is 12.2. The maximum atomic E-state index is 12.2. The largest absolute Gasteiger partial charge is 0.465 e. The first-order chi connectivity index (χ1) is 12.4. The molecule has 3 heterocycles. The molecule has 1 unspecified atom stereocenters. The number of nitriles is 1. The van der Waals surface area contributed by atoms with Crippen LogP contribution in [0.4, 0.5) is 0 Å². The topological polar surface area (TPSA) is 85.7 Å². The average Bonchev–Trinajstić information content (AvgIpc) is 3.16. The number of carbonyl (C=O) groups is 1. The Balaban J connectivity index is 2.03. The van der Waals surface area contributed by atoms with E-state index in [1.165, 1.54) is 10.9 Å². The molecule has 3 rings (SSSR count). The SMILES string of the molecule is CCOC(=O)C(C)(Cl)Cc1c(C#N)cnn1-c1nn2c(c1Cl)CCCC2. The molecule has 0 bridgehead atoms. The normalized spacial score (nSPS) is 15.8. The van der Waals surface area contributed by atoms with Gasteiger partial charge in [-0.15, -0.1) is 11.6 Å². The van der Waals surface area contributed by atoms with E-state index in [-0.39, 0.29) is 13.0 Å². The minimum Gasteiger partial charge on any atom is -0.465 e. The standard InChI is InChI=1S/C17H19Cl2N5O2/c1-3-26-16(25)17(2,19)8-13-11(9-20)10-21-24(13)15-14(18)12-6-4-5-7-23(12)22-15/h10H,3-8H2,1-2H3.